The maximum absolute atomic E-state index is 5.79. The van der Waals surface area contributed by atoms with Crippen molar-refractivity contribution in [2.45, 2.75) is 19.9 Å². The Kier molecular flexibility index (Phi) is 5.68. The molecule has 0 atom stereocenters. The zero-order chi connectivity index (χ0) is 18.4. The molecule has 1 heterocycles. The Morgan fingerprint density at radius 2 is 1.77 bits per heavy atom. The first-order valence-electron chi connectivity index (χ1n) is 8.40. The summed E-state index contributed by atoms with van der Waals surface area (Å²) in [6.07, 6.45) is 0.788. The van der Waals surface area contributed by atoms with Crippen LogP contribution >= 0.6 is 0 Å². The van der Waals surface area contributed by atoms with Crippen molar-refractivity contribution < 1.29 is 14.2 Å². The minimum absolute atomic E-state index is 0.547. The van der Waals surface area contributed by atoms with Gasteiger partial charge in [0.1, 0.15) is 5.75 Å². The molecule has 136 valence electrons. The van der Waals surface area contributed by atoms with Crippen LogP contribution in [0.1, 0.15) is 12.0 Å². The number of para-hydroxylation sites is 1. The topological polar surface area (TPSA) is 71.3 Å². The van der Waals surface area contributed by atoms with Gasteiger partial charge in [0, 0.05) is 12.0 Å². The molecular formula is C19H22N4O3. The van der Waals surface area contributed by atoms with E-state index >= 15 is 0 Å². The molecule has 2 aromatic carbocycles. The summed E-state index contributed by atoms with van der Waals surface area (Å²) in [7, 11) is 3.20. The van der Waals surface area contributed by atoms with Crippen LogP contribution in [0.3, 0.4) is 0 Å². The number of benzene rings is 2. The lowest BCUT2D eigenvalue weighted by Gasteiger charge is -2.08. The number of hydrogen-bond donors (Lipinski definition) is 0. The lowest BCUT2D eigenvalue weighted by Crippen LogP contribution is -2.07. The van der Waals surface area contributed by atoms with Crippen molar-refractivity contribution in [1.29, 1.82) is 0 Å². The number of hydrogen-bond acceptors (Lipinski definition) is 6. The van der Waals surface area contributed by atoms with Crippen molar-refractivity contribution in [2.75, 3.05) is 20.8 Å². The van der Waals surface area contributed by atoms with Gasteiger partial charge < -0.3 is 14.2 Å². The molecule has 7 nitrogen and oxygen atoms in total. The molecule has 0 N–H and O–H groups in total. The van der Waals surface area contributed by atoms with Crippen LogP contribution in [-0.2, 0) is 6.54 Å². The molecule has 0 aliphatic carbocycles. The monoisotopic (exact) mass is 354 g/mol. The van der Waals surface area contributed by atoms with Gasteiger partial charge in [0.15, 0.2) is 11.5 Å². The normalized spacial score (nSPS) is 10.6. The molecule has 0 saturated carbocycles. The van der Waals surface area contributed by atoms with Gasteiger partial charge in [-0.2, -0.15) is 4.80 Å². The van der Waals surface area contributed by atoms with Gasteiger partial charge in [0.05, 0.1) is 27.4 Å². The van der Waals surface area contributed by atoms with Crippen LogP contribution in [0, 0.1) is 6.92 Å². The highest BCUT2D eigenvalue weighted by Crippen LogP contribution is 2.30. The average Bonchev–Trinajstić information content (AvgIpc) is 3.15. The highest BCUT2D eigenvalue weighted by Gasteiger charge is 2.10. The molecule has 0 aliphatic heterocycles. The fourth-order valence-electron chi connectivity index (χ4n) is 2.54. The molecule has 0 aliphatic rings. The molecule has 1 aromatic heterocycles. The van der Waals surface area contributed by atoms with Crippen LogP contribution in [0.5, 0.6) is 17.2 Å². The molecule has 0 saturated heterocycles. The third-order valence-corrected chi connectivity index (χ3v) is 3.95. The SMILES string of the molecule is COc1ccc(-c2nnn(CCCOc3ccccc3C)n2)cc1OC. The van der Waals surface area contributed by atoms with E-state index in [1.165, 1.54) is 0 Å². The van der Waals surface area contributed by atoms with Crippen LogP contribution < -0.4 is 14.2 Å². The standard InChI is InChI=1S/C19H22N4O3/c1-14-7-4-5-8-16(14)26-12-6-11-23-21-19(20-22-23)15-9-10-17(24-2)18(13-15)25-3/h4-5,7-10,13H,6,11-12H2,1-3H3. The zero-order valence-electron chi connectivity index (χ0n) is 15.2. The number of nitrogens with zero attached hydrogens (tertiary/aromatic N) is 4. The van der Waals surface area contributed by atoms with Gasteiger partial charge in [-0.05, 0) is 42.0 Å². The second-order valence-electron chi connectivity index (χ2n) is 5.75. The number of aromatic nitrogens is 4. The van der Waals surface area contributed by atoms with Gasteiger partial charge in [0.2, 0.25) is 5.82 Å². The summed E-state index contributed by atoms with van der Waals surface area (Å²) < 4.78 is 16.3. The number of methoxy groups -OCH3 is 2. The fourth-order valence-corrected chi connectivity index (χ4v) is 2.54. The van der Waals surface area contributed by atoms with Crippen molar-refractivity contribution in [2.24, 2.45) is 0 Å². The Labute approximate surface area is 152 Å². The minimum Gasteiger partial charge on any atom is -0.493 e. The first kappa shape index (κ1) is 17.7. The van der Waals surface area contributed by atoms with Gasteiger partial charge in [-0.3, -0.25) is 0 Å². The summed E-state index contributed by atoms with van der Waals surface area (Å²) >= 11 is 0. The Morgan fingerprint density at radius 1 is 0.962 bits per heavy atom. The Bertz CT molecular complexity index is 863. The molecule has 3 rings (SSSR count). The van der Waals surface area contributed by atoms with Gasteiger partial charge >= 0.3 is 0 Å². The summed E-state index contributed by atoms with van der Waals surface area (Å²) in [5.41, 5.74) is 1.95. The van der Waals surface area contributed by atoms with E-state index in [-0.39, 0.29) is 0 Å². The largest absolute Gasteiger partial charge is 0.493 e. The van der Waals surface area contributed by atoms with Crippen molar-refractivity contribution in [3.8, 4) is 28.6 Å². The number of tetrazole rings is 1. The number of ether oxygens (including phenoxy) is 3. The maximum Gasteiger partial charge on any atom is 0.205 e. The van der Waals surface area contributed by atoms with Crippen LogP contribution in [0.15, 0.2) is 42.5 Å². The van der Waals surface area contributed by atoms with E-state index < -0.39 is 0 Å². The van der Waals surface area contributed by atoms with Crippen LogP contribution in [0.25, 0.3) is 11.4 Å². The van der Waals surface area contributed by atoms with Gasteiger partial charge in [0.25, 0.3) is 0 Å². The lowest BCUT2D eigenvalue weighted by atomic mass is 10.2. The molecule has 0 amide bonds. The quantitative estimate of drug-likeness (QED) is 0.579. The van der Waals surface area contributed by atoms with Crippen molar-refractivity contribution >= 4 is 0 Å². The Morgan fingerprint density at radius 3 is 2.54 bits per heavy atom. The van der Waals surface area contributed by atoms with Crippen LogP contribution in [-0.4, -0.2) is 41.0 Å². The van der Waals surface area contributed by atoms with Gasteiger partial charge in [-0.15, -0.1) is 10.2 Å². The third kappa shape index (κ3) is 4.11. The predicted molar refractivity (Wildman–Crippen MR) is 97.6 cm³/mol. The van der Waals surface area contributed by atoms with Gasteiger partial charge in [-0.25, -0.2) is 0 Å². The van der Waals surface area contributed by atoms with E-state index in [0.717, 1.165) is 23.3 Å². The van der Waals surface area contributed by atoms with Crippen LogP contribution in [0.2, 0.25) is 0 Å². The van der Waals surface area contributed by atoms with Gasteiger partial charge in [-0.1, -0.05) is 18.2 Å². The molecule has 0 radical (unpaired) electrons. The molecule has 26 heavy (non-hydrogen) atoms. The molecule has 3 aromatic rings. The van der Waals surface area contributed by atoms with E-state index in [4.69, 9.17) is 14.2 Å². The van der Waals surface area contributed by atoms with Crippen molar-refractivity contribution in [3.63, 3.8) is 0 Å². The molecular weight excluding hydrogens is 332 g/mol. The van der Waals surface area contributed by atoms with Crippen molar-refractivity contribution in [1.82, 2.24) is 20.2 Å². The lowest BCUT2D eigenvalue weighted by molar-refractivity contribution is 0.291. The summed E-state index contributed by atoms with van der Waals surface area (Å²) in [4.78, 5) is 1.58. The smallest absolute Gasteiger partial charge is 0.205 e. The third-order valence-electron chi connectivity index (χ3n) is 3.95. The van der Waals surface area contributed by atoms with E-state index in [2.05, 4.69) is 15.4 Å². The molecule has 7 heteroatoms. The first-order valence-corrected chi connectivity index (χ1v) is 8.40. The molecule has 0 unspecified atom stereocenters. The maximum atomic E-state index is 5.79. The van der Waals surface area contributed by atoms with E-state index in [9.17, 15) is 0 Å². The summed E-state index contributed by atoms with van der Waals surface area (Å²) in [5.74, 6) is 2.75. The van der Waals surface area contributed by atoms with E-state index in [0.29, 0.717) is 30.5 Å². The van der Waals surface area contributed by atoms with E-state index in [1.807, 2.05) is 49.4 Å². The van der Waals surface area contributed by atoms with Crippen LogP contribution in [0.4, 0.5) is 0 Å². The summed E-state index contributed by atoms with van der Waals surface area (Å²) in [6.45, 7) is 3.26. The molecule has 0 fully saturated rings. The fraction of sp³-hybridized carbons (Fsp3) is 0.316. The van der Waals surface area contributed by atoms with Crippen molar-refractivity contribution in [3.05, 3.63) is 48.0 Å². The molecule has 0 bridgehead atoms. The highest BCUT2D eigenvalue weighted by atomic mass is 16.5. The Hall–Kier alpha value is -3.09. The molecule has 0 spiro atoms. The first-order chi connectivity index (χ1) is 12.7. The Balaban J connectivity index is 1.57. The number of aryl methyl sites for hydroxylation is 2. The summed E-state index contributed by atoms with van der Waals surface area (Å²) in [5, 5.41) is 12.6. The second kappa shape index (κ2) is 8.33. The average molecular weight is 354 g/mol. The second-order valence-corrected chi connectivity index (χ2v) is 5.75. The minimum atomic E-state index is 0.547. The summed E-state index contributed by atoms with van der Waals surface area (Å²) in [6, 6.07) is 13.5. The predicted octanol–water partition coefficient (Wildman–Crippen LogP) is 3.13. The number of rotatable bonds is 8. The van der Waals surface area contributed by atoms with E-state index in [1.54, 1.807) is 19.0 Å². The zero-order valence-corrected chi connectivity index (χ0v) is 15.2. The highest BCUT2D eigenvalue weighted by molar-refractivity contribution is 5.60.